The maximum Gasteiger partial charge on any atom is 0.408 e. The molecule has 106 valence electrons. The molecule has 0 saturated carbocycles. The minimum absolute atomic E-state index is 0.271. The van der Waals surface area contributed by atoms with Crippen LogP contribution in [0, 0.1) is 0 Å². The molecule has 1 N–H and O–H groups in total. The van der Waals surface area contributed by atoms with Crippen LogP contribution in [0.25, 0.3) is 0 Å². The van der Waals surface area contributed by atoms with Gasteiger partial charge >= 0.3 is 12.1 Å². The molecule has 6 nitrogen and oxygen atoms in total. The number of ether oxygens (including phenoxy) is 3. The average molecular weight is 261 g/mol. The molecule has 0 aromatic heterocycles. The second-order valence-corrected chi connectivity index (χ2v) is 4.88. The van der Waals surface area contributed by atoms with Gasteiger partial charge in [0.1, 0.15) is 11.6 Å². The number of alkyl carbamates (subject to hydrolysis) is 1. The number of carbonyl (C=O) groups excluding carboxylic acids is 2. The van der Waals surface area contributed by atoms with Gasteiger partial charge in [0.2, 0.25) is 0 Å². The lowest BCUT2D eigenvalue weighted by Crippen LogP contribution is -2.42. The molecule has 18 heavy (non-hydrogen) atoms. The highest BCUT2D eigenvalue weighted by molar-refractivity contribution is 5.80. The third-order valence-corrected chi connectivity index (χ3v) is 1.82. The predicted octanol–water partition coefficient (Wildman–Crippen LogP) is 1.48. The first-order valence-electron chi connectivity index (χ1n) is 5.91. The largest absolute Gasteiger partial charge is 0.464 e. The summed E-state index contributed by atoms with van der Waals surface area (Å²) in [5.74, 6) is -0.489. The number of methoxy groups -OCH3 is 1. The van der Waals surface area contributed by atoms with Crippen molar-refractivity contribution in [3.8, 4) is 0 Å². The van der Waals surface area contributed by atoms with Crippen LogP contribution in [0.3, 0.4) is 0 Å². The number of carbonyl (C=O) groups is 2. The topological polar surface area (TPSA) is 73.9 Å². The van der Waals surface area contributed by atoms with Crippen molar-refractivity contribution >= 4 is 12.1 Å². The van der Waals surface area contributed by atoms with Gasteiger partial charge < -0.3 is 19.5 Å². The number of hydrogen-bond donors (Lipinski definition) is 1. The van der Waals surface area contributed by atoms with E-state index in [0.29, 0.717) is 13.0 Å². The van der Waals surface area contributed by atoms with Gasteiger partial charge in [0.25, 0.3) is 0 Å². The Balaban J connectivity index is 3.90. The first kappa shape index (κ1) is 16.7. The minimum atomic E-state index is -0.734. The first-order valence-corrected chi connectivity index (χ1v) is 5.91. The van der Waals surface area contributed by atoms with E-state index in [0.717, 1.165) is 0 Å². The van der Waals surface area contributed by atoms with Gasteiger partial charge in [-0.15, -0.1) is 0 Å². The second-order valence-electron chi connectivity index (χ2n) is 4.88. The summed E-state index contributed by atoms with van der Waals surface area (Å²) in [6.45, 7) is 7.59. The van der Waals surface area contributed by atoms with E-state index in [1.807, 2.05) is 0 Å². The zero-order valence-electron chi connectivity index (χ0n) is 11.7. The Kier molecular flexibility index (Phi) is 7.35. The highest BCUT2D eigenvalue weighted by atomic mass is 16.6. The molecule has 0 spiro atoms. The summed E-state index contributed by atoms with van der Waals surface area (Å²) < 4.78 is 14.8. The van der Waals surface area contributed by atoms with Gasteiger partial charge in [0.15, 0.2) is 0 Å². The van der Waals surface area contributed by atoms with Crippen LogP contribution in [-0.4, -0.2) is 44.0 Å². The summed E-state index contributed by atoms with van der Waals surface area (Å²) in [4.78, 5) is 22.9. The van der Waals surface area contributed by atoms with Crippen molar-refractivity contribution < 1.29 is 23.8 Å². The molecule has 0 aliphatic carbocycles. The molecule has 0 aliphatic rings. The third-order valence-electron chi connectivity index (χ3n) is 1.82. The summed E-state index contributed by atoms with van der Waals surface area (Å²) >= 11 is 0. The van der Waals surface area contributed by atoms with Gasteiger partial charge in [-0.1, -0.05) is 0 Å². The van der Waals surface area contributed by atoms with Gasteiger partial charge in [-0.2, -0.15) is 0 Å². The van der Waals surface area contributed by atoms with Crippen molar-refractivity contribution in [2.24, 2.45) is 0 Å². The van der Waals surface area contributed by atoms with Crippen molar-refractivity contribution in [3.05, 3.63) is 0 Å². The molecule has 1 amide bonds. The zero-order valence-corrected chi connectivity index (χ0v) is 11.7. The van der Waals surface area contributed by atoms with Crippen LogP contribution in [0.4, 0.5) is 4.79 Å². The fraction of sp³-hybridized carbons (Fsp3) is 0.833. The lowest BCUT2D eigenvalue weighted by Gasteiger charge is -2.21. The number of rotatable bonds is 6. The number of amides is 1. The third kappa shape index (κ3) is 8.81. The normalized spacial score (nSPS) is 12.7. The van der Waals surface area contributed by atoms with Crippen LogP contribution >= 0.6 is 0 Å². The second kappa shape index (κ2) is 7.92. The molecule has 6 heteroatoms. The van der Waals surface area contributed by atoms with Crippen LogP contribution in [-0.2, 0) is 19.0 Å². The van der Waals surface area contributed by atoms with E-state index in [-0.39, 0.29) is 6.61 Å². The number of hydrogen-bond acceptors (Lipinski definition) is 5. The molecule has 0 heterocycles. The van der Waals surface area contributed by atoms with Gasteiger partial charge in [0, 0.05) is 20.1 Å². The van der Waals surface area contributed by atoms with Crippen LogP contribution < -0.4 is 5.32 Å². The quantitative estimate of drug-likeness (QED) is 0.579. The molecule has 0 aliphatic heterocycles. The van der Waals surface area contributed by atoms with Gasteiger partial charge in [0.05, 0.1) is 6.61 Å². The number of esters is 1. The molecule has 0 aromatic carbocycles. The first-order chi connectivity index (χ1) is 8.26. The maximum absolute atomic E-state index is 11.5. The van der Waals surface area contributed by atoms with Crippen LogP contribution in [0.15, 0.2) is 0 Å². The summed E-state index contributed by atoms with van der Waals surface area (Å²) in [6, 6.07) is -0.734. The number of nitrogens with one attached hydrogen (secondary N) is 1. The van der Waals surface area contributed by atoms with Crippen molar-refractivity contribution in [1.82, 2.24) is 5.32 Å². The Morgan fingerprint density at radius 2 is 1.83 bits per heavy atom. The monoisotopic (exact) mass is 261 g/mol. The summed E-state index contributed by atoms with van der Waals surface area (Å²) in [7, 11) is 1.58. The fourth-order valence-corrected chi connectivity index (χ4v) is 1.04. The summed E-state index contributed by atoms with van der Waals surface area (Å²) in [6.07, 6.45) is -0.00895. The van der Waals surface area contributed by atoms with Crippen molar-refractivity contribution in [2.75, 3.05) is 20.3 Å². The molecule has 0 rings (SSSR count). The highest BCUT2D eigenvalue weighted by Crippen LogP contribution is 2.06. The molecule has 0 unspecified atom stereocenters. The lowest BCUT2D eigenvalue weighted by atomic mass is 10.2. The fourth-order valence-electron chi connectivity index (χ4n) is 1.04. The molecule has 0 fully saturated rings. The van der Waals surface area contributed by atoms with Crippen molar-refractivity contribution in [1.29, 1.82) is 0 Å². The maximum atomic E-state index is 11.5. The highest BCUT2D eigenvalue weighted by Gasteiger charge is 2.21. The Bertz CT molecular complexity index is 272. The standard InChI is InChI=1S/C12H23NO5/c1-9(10(14)17-8-6-7-16-5)13-11(15)18-12(2,3)4/h9H,6-8H2,1-5H3,(H,13,15)/t9-/m0/s1. The average Bonchev–Trinajstić information content (AvgIpc) is 2.21. The van der Waals surface area contributed by atoms with E-state index in [2.05, 4.69) is 5.32 Å². The Morgan fingerprint density at radius 3 is 2.33 bits per heavy atom. The van der Waals surface area contributed by atoms with Crippen LogP contribution in [0.1, 0.15) is 34.1 Å². The van der Waals surface area contributed by atoms with Gasteiger partial charge in [-0.3, -0.25) is 0 Å². The van der Waals surface area contributed by atoms with E-state index in [9.17, 15) is 9.59 Å². The molecule has 0 bridgehead atoms. The van der Waals surface area contributed by atoms with Gasteiger partial charge in [-0.25, -0.2) is 9.59 Å². The SMILES string of the molecule is COCCCOC(=O)[C@H](C)NC(=O)OC(C)(C)C. The molecular weight excluding hydrogens is 238 g/mol. The van der Waals surface area contributed by atoms with Crippen molar-refractivity contribution in [2.45, 2.75) is 45.8 Å². The molecule has 0 saturated heterocycles. The Morgan fingerprint density at radius 1 is 1.22 bits per heavy atom. The van der Waals surface area contributed by atoms with Crippen LogP contribution in [0.5, 0.6) is 0 Å². The van der Waals surface area contributed by atoms with E-state index < -0.39 is 23.7 Å². The Labute approximate surface area is 108 Å². The molecule has 0 radical (unpaired) electrons. The van der Waals surface area contributed by atoms with Crippen LogP contribution in [0.2, 0.25) is 0 Å². The minimum Gasteiger partial charge on any atom is -0.464 e. The predicted molar refractivity (Wildman–Crippen MR) is 66.3 cm³/mol. The van der Waals surface area contributed by atoms with E-state index in [1.165, 1.54) is 0 Å². The van der Waals surface area contributed by atoms with E-state index in [1.54, 1.807) is 34.8 Å². The molecule has 1 atom stereocenters. The van der Waals surface area contributed by atoms with Gasteiger partial charge in [-0.05, 0) is 27.7 Å². The molecule has 0 aromatic rings. The molecular formula is C12H23NO5. The van der Waals surface area contributed by atoms with Crippen molar-refractivity contribution in [3.63, 3.8) is 0 Å². The van der Waals surface area contributed by atoms with E-state index >= 15 is 0 Å². The zero-order chi connectivity index (χ0) is 14.2. The van der Waals surface area contributed by atoms with E-state index in [4.69, 9.17) is 14.2 Å². The Hall–Kier alpha value is -1.30. The summed E-state index contributed by atoms with van der Waals surface area (Å²) in [5.41, 5.74) is -0.591. The smallest absolute Gasteiger partial charge is 0.408 e. The lowest BCUT2D eigenvalue weighted by molar-refractivity contribution is -0.146. The summed E-state index contributed by atoms with van der Waals surface area (Å²) in [5, 5.41) is 2.41.